The van der Waals surface area contributed by atoms with E-state index in [1.807, 2.05) is 13.8 Å². The first-order chi connectivity index (χ1) is 9.96. The molecule has 128 valence electrons. The van der Waals surface area contributed by atoms with E-state index in [0.717, 1.165) is 11.8 Å². The van der Waals surface area contributed by atoms with Crippen LogP contribution in [-0.2, 0) is 19.1 Å². The van der Waals surface area contributed by atoms with Crippen molar-refractivity contribution in [2.45, 2.75) is 65.0 Å². The van der Waals surface area contributed by atoms with Crippen LogP contribution >= 0.6 is 11.8 Å². The molecule has 0 aliphatic heterocycles. The molecule has 0 unspecified atom stereocenters. The average Bonchev–Trinajstić information content (AvgIpc) is 2.31. The molecule has 0 aliphatic rings. The number of amides is 1. The van der Waals surface area contributed by atoms with Gasteiger partial charge in [-0.05, 0) is 39.4 Å². The number of alkyl carbamates (subject to hydrolysis) is 1. The van der Waals surface area contributed by atoms with Crippen molar-refractivity contribution < 1.29 is 23.9 Å². The molecule has 2 atom stereocenters. The van der Waals surface area contributed by atoms with Gasteiger partial charge < -0.3 is 14.8 Å². The number of esters is 1. The van der Waals surface area contributed by atoms with Crippen molar-refractivity contribution in [3.63, 3.8) is 0 Å². The summed E-state index contributed by atoms with van der Waals surface area (Å²) in [6.07, 6.45) is 1.45. The quantitative estimate of drug-likeness (QED) is 0.570. The van der Waals surface area contributed by atoms with E-state index in [4.69, 9.17) is 9.47 Å². The highest BCUT2D eigenvalue weighted by Gasteiger charge is 2.31. The van der Waals surface area contributed by atoms with Crippen LogP contribution in [0.15, 0.2) is 0 Å². The molecule has 7 heteroatoms. The van der Waals surface area contributed by atoms with E-state index in [1.165, 1.54) is 6.92 Å². The number of ether oxygens (including phenoxy) is 2. The number of hydrogen-bond acceptors (Lipinski definition) is 6. The van der Waals surface area contributed by atoms with Gasteiger partial charge in [-0.25, -0.2) is 4.79 Å². The minimum Gasteiger partial charge on any atom is -0.444 e. The largest absolute Gasteiger partial charge is 0.444 e. The zero-order valence-corrected chi connectivity index (χ0v) is 15.2. The molecule has 1 N–H and O–H groups in total. The van der Waals surface area contributed by atoms with E-state index in [1.54, 1.807) is 27.0 Å². The molecule has 0 spiro atoms. The lowest BCUT2D eigenvalue weighted by molar-refractivity contribution is -0.148. The van der Waals surface area contributed by atoms with Gasteiger partial charge in [-0.15, -0.1) is 11.8 Å². The van der Waals surface area contributed by atoms with Crippen LogP contribution in [-0.4, -0.2) is 41.2 Å². The molecule has 1 amide bonds. The molecule has 0 saturated heterocycles. The van der Waals surface area contributed by atoms with Gasteiger partial charge in [-0.2, -0.15) is 0 Å². The Morgan fingerprint density at radius 3 is 2.09 bits per heavy atom. The number of thioether (sulfide) groups is 1. The van der Waals surface area contributed by atoms with E-state index in [2.05, 4.69) is 5.32 Å². The van der Waals surface area contributed by atoms with Gasteiger partial charge >= 0.3 is 12.1 Å². The second-order valence-corrected chi connectivity index (χ2v) is 7.31. The minimum atomic E-state index is -0.934. The van der Waals surface area contributed by atoms with Crippen LogP contribution in [0.1, 0.15) is 48.0 Å². The van der Waals surface area contributed by atoms with E-state index in [0.29, 0.717) is 6.42 Å². The number of hydrogen-bond donors (Lipinski definition) is 1. The lowest BCUT2D eigenvalue weighted by Gasteiger charge is -2.25. The molecule has 0 aromatic carbocycles. The summed E-state index contributed by atoms with van der Waals surface area (Å²) in [5.74, 6) is -0.695. The van der Waals surface area contributed by atoms with Crippen molar-refractivity contribution in [1.82, 2.24) is 5.32 Å². The summed E-state index contributed by atoms with van der Waals surface area (Å²) in [6, 6.07) is -0.758. The van der Waals surface area contributed by atoms with Crippen molar-refractivity contribution in [3.05, 3.63) is 0 Å². The Balaban J connectivity index is 4.98. The Morgan fingerprint density at radius 2 is 1.73 bits per heavy atom. The number of carbonyl (C=O) groups excluding carboxylic acids is 3. The average molecular weight is 333 g/mol. The Kier molecular flexibility index (Phi) is 8.52. The molecule has 0 radical (unpaired) electrons. The van der Waals surface area contributed by atoms with Crippen molar-refractivity contribution in [2.24, 2.45) is 5.92 Å². The third-order valence-corrected chi connectivity index (χ3v) is 3.22. The Bertz CT molecular complexity index is 403. The molecule has 0 aromatic rings. The Labute approximate surface area is 136 Å². The molecule has 0 saturated carbocycles. The molecular weight excluding hydrogens is 306 g/mol. The predicted octanol–water partition coefficient (Wildman–Crippen LogP) is 2.75. The van der Waals surface area contributed by atoms with Crippen molar-refractivity contribution in [1.29, 1.82) is 0 Å². The molecule has 22 heavy (non-hydrogen) atoms. The zero-order valence-electron chi connectivity index (χ0n) is 14.4. The normalized spacial score (nSPS) is 14.2. The van der Waals surface area contributed by atoms with Gasteiger partial charge in [-0.3, -0.25) is 9.59 Å². The summed E-state index contributed by atoms with van der Waals surface area (Å²) in [5.41, 5.74) is -1.58. The van der Waals surface area contributed by atoms with Crippen LogP contribution in [0, 0.1) is 5.92 Å². The Morgan fingerprint density at radius 1 is 1.18 bits per heavy atom. The molecule has 0 bridgehead atoms. The smallest absolute Gasteiger partial charge is 0.408 e. The van der Waals surface area contributed by atoms with Gasteiger partial charge in [0, 0.05) is 6.92 Å². The highest BCUT2D eigenvalue weighted by Crippen LogP contribution is 2.17. The maximum atomic E-state index is 12.5. The highest BCUT2D eigenvalue weighted by molar-refractivity contribution is 7.99. The third-order valence-electron chi connectivity index (χ3n) is 2.46. The summed E-state index contributed by atoms with van der Waals surface area (Å²) in [4.78, 5) is 35.4. The maximum Gasteiger partial charge on any atom is 0.408 e. The van der Waals surface area contributed by atoms with Crippen LogP contribution in [0.4, 0.5) is 4.79 Å². The molecule has 0 heterocycles. The zero-order chi connectivity index (χ0) is 17.5. The fourth-order valence-corrected chi connectivity index (χ4v) is 2.33. The second kappa shape index (κ2) is 9.02. The predicted molar refractivity (Wildman–Crippen MR) is 86.7 cm³/mol. The SMILES string of the molecule is CS[C@H](OC(C)=O)C(=O)[C@H](CC(C)C)NC(=O)OC(C)(C)C. The van der Waals surface area contributed by atoms with E-state index in [-0.39, 0.29) is 11.7 Å². The van der Waals surface area contributed by atoms with Crippen molar-refractivity contribution in [3.8, 4) is 0 Å². The summed E-state index contributed by atoms with van der Waals surface area (Å²) < 4.78 is 10.2. The Hall–Kier alpha value is -1.24. The van der Waals surface area contributed by atoms with Gasteiger partial charge in [0.15, 0.2) is 0 Å². The number of ketones is 1. The first-order valence-corrected chi connectivity index (χ1v) is 8.48. The van der Waals surface area contributed by atoms with E-state index in [9.17, 15) is 14.4 Å². The summed E-state index contributed by atoms with van der Waals surface area (Å²) in [5, 5.41) is 2.58. The first-order valence-electron chi connectivity index (χ1n) is 7.19. The second-order valence-electron chi connectivity index (χ2n) is 6.41. The number of carbonyl (C=O) groups is 3. The fraction of sp³-hybridized carbons (Fsp3) is 0.800. The number of Topliss-reactive ketones (excluding diaryl/α,β-unsaturated/α-hetero) is 1. The van der Waals surface area contributed by atoms with Gasteiger partial charge in [0.2, 0.25) is 11.2 Å². The lowest BCUT2D eigenvalue weighted by atomic mass is 10.0. The van der Waals surface area contributed by atoms with Gasteiger partial charge in [0.05, 0.1) is 6.04 Å². The van der Waals surface area contributed by atoms with Crippen LogP contribution in [0.25, 0.3) is 0 Å². The standard InChI is InChI=1S/C15H27NO5S/c1-9(2)8-11(16-14(19)21-15(4,5)6)12(18)13(22-7)20-10(3)17/h9,11,13H,8H2,1-7H3,(H,16,19)/t11-,13-/m0/s1. The molecule has 0 aromatic heterocycles. The van der Waals surface area contributed by atoms with Crippen LogP contribution < -0.4 is 5.32 Å². The van der Waals surface area contributed by atoms with Crippen LogP contribution in [0.5, 0.6) is 0 Å². The summed E-state index contributed by atoms with van der Waals surface area (Å²) in [7, 11) is 0. The molecule has 6 nitrogen and oxygen atoms in total. The number of rotatable bonds is 7. The molecule has 0 rings (SSSR count). The van der Waals surface area contributed by atoms with Crippen molar-refractivity contribution in [2.75, 3.05) is 6.26 Å². The summed E-state index contributed by atoms with van der Waals surface area (Å²) >= 11 is 1.12. The lowest BCUT2D eigenvalue weighted by Crippen LogP contribution is -2.47. The van der Waals surface area contributed by atoms with Gasteiger partial charge in [0.1, 0.15) is 5.60 Å². The molecular formula is C15H27NO5S. The fourth-order valence-electron chi connectivity index (χ4n) is 1.70. The minimum absolute atomic E-state index is 0.184. The van der Waals surface area contributed by atoms with Gasteiger partial charge in [-0.1, -0.05) is 13.8 Å². The first kappa shape index (κ1) is 20.8. The number of nitrogens with one attached hydrogen (secondary N) is 1. The van der Waals surface area contributed by atoms with E-state index < -0.39 is 29.1 Å². The summed E-state index contributed by atoms with van der Waals surface area (Å²) in [6.45, 7) is 10.4. The van der Waals surface area contributed by atoms with Crippen LogP contribution in [0.3, 0.4) is 0 Å². The van der Waals surface area contributed by atoms with E-state index >= 15 is 0 Å². The molecule has 0 aliphatic carbocycles. The highest BCUT2D eigenvalue weighted by atomic mass is 32.2. The third kappa shape index (κ3) is 8.92. The molecule has 0 fully saturated rings. The van der Waals surface area contributed by atoms with Gasteiger partial charge in [0.25, 0.3) is 0 Å². The maximum absolute atomic E-state index is 12.5. The van der Waals surface area contributed by atoms with Crippen molar-refractivity contribution >= 4 is 29.6 Å². The topological polar surface area (TPSA) is 81.7 Å². The van der Waals surface area contributed by atoms with Crippen LogP contribution in [0.2, 0.25) is 0 Å². The monoisotopic (exact) mass is 333 g/mol.